The normalized spacial score (nSPS) is 10.9. The van der Waals surface area contributed by atoms with Crippen LogP contribution in [0, 0.1) is 0 Å². The van der Waals surface area contributed by atoms with Crippen LogP contribution in [0.1, 0.15) is 16.1 Å². The average Bonchev–Trinajstić information content (AvgIpc) is 3.21. The first-order valence-corrected chi connectivity index (χ1v) is 7.77. The van der Waals surface area contributed by atoms with E-state index in [0.29, 0.717) is 11.3 Å². The number of aromatic nitrogens is 2. The van der Waals surface area contributed by atoms with Gasteiger partial charge in [-0.25, -0.2) is 4.98 Å². The van der Waals surface area contributed by atoms with Gasteiger partial charge in [-0.15, -0.1) is 11.3 Å². The van der Waals surface area contributed by atoms with Gasteiger partial charge in [-0.3, -0.25) is 4.79 Å². The summed E-state index contributed by atoms with van der Waals surface area (Å²) < 4.78 is 1.12. The maximum Gasteiger partial charge on any atom is 0.209 e. The number of H-pyrrole nitrogens is 1. The summed E-state index contributed by atoms with van der Waals surface area (Å²) in [6, 6.07) is 19.2. The second kappa shape index (κ2) is 5.24. The minimum atomic E-state index is -0.0140. The van der Waals surface area contributed by atoms with Crippen LogP contribution in [0.4, 0.5) is 0 Å². The zero-order chi connectivity index (χ0) is 14.9. The van der Waals surface area contributed by atoms with Gasteiger partial charge >= 0.3 is 0 Å². The molecule has 4 heteroatoms. The van der Waals surface area contributed by atoms with Gasteiger partial charge in [0.15, 0.2) is 0 Å². The average molecular weight is 304 g/mol. The third kappa shape index (κ3) is 2.14. The number of benzene rings is 2. The molecule has 0 aliphatic heterocycles. The first-order chi connectivity index (χ1) is 10.8. The predicted molar refractivity (Wildman–Crippen MR) is 89.3 cm³/mol. The molecule has 0 radical (unpaired) electrons. The molecule has 4 aromatic rings. The van der Waals surface area contributed by atoms with Crippen molar-refractivity contribution < 1.29 is 4.79 Å². The molecule has 0 fully saturated rings. The van der Waals surface area contributed by atoms with Gasteiger partial charge in [-0.05, 0) is 18.2 Å². The summed E-state index contributed by atoms with van der Waals surface area (Å²) in [7, 11) is 0. The summed E-state index contributed by atoms with van der Waals surface area (Å²) in [6.45, 7) is 0. The highest BCUT2D eigenvalue weighted by atomic mass is 32.1. The largest absolute Gasteiger partial charge is 0.358 e. The van der Waals surface area contributed by atoms with E-state index in [0.717, 1.165) is 20.8 Å². The number of para-hydroxylation sites is 1. The SMILES string of the molecule is O=C(c1ccccc1)c1[nH]ccc1-c1nc2ccccc2s1. The lowest BCUT2D eigenvalue weighted by Gasteiger charge is -2.01. The predicted octanol–water partition coefficient (Wildman–Crippen LogP) is 4.52. The lowest BCUT2D eigenvalue weighted by molar-refractivity contribution is 0.103. The second-order valence-electron chi connectivity index (χ2n) is 4.95. The van der Waals surface area contributed by atoms with Gasteiger partial charge in [-0.1, -0.05) is 42.5 Å². The molecule has 106 valence electrons. The minimum Gasteiger partial charge on any atom is -0.358 e. The number of carbonyl (C=O) groups is 1. The number of rotatable bonds is 3. The van der Waals surface area contributed by atoms with Crippen molar-refractivity contribution in [2.24, 2.45) is 0 Å². The van der Waals surface area contributed by atoms with E-state index in [9.17, 15) is 4.79 Å². The van der Waals surface area contributed by atoms with E-state index >= 15 is 0 Å². The molecule has 0 unspecified atom stereocenters. The molecular weight excluding hydrogens is 292 g/mol. The standard InChI is InChI=1S/C18H12N2OS/c21-17(12-6-2-1-3-7-12)16-13(10-11-19-16)18-20-14-8-4-5-9-15(14)22-18/h1-11,19H. The molecular formula is C18H12N2OS. The van der Waals surface area contributed by atoms with Crippen molar-refractivity contribution >= 4 is 27.3 Å². The first kappa shape index (κ1) is 13.0. The van der Waals surface area contributed by atoms with Crippen LogP contribution in [-0.2, 0) is 0 Å². The van der Waals surface area contributed by atoms with Gasteiger partial charge in [0.1, 0.15) is 5.01 Å². The Balaban J connectivity index is 1.81. The second-order valence-corrected chi connectivity index (χ2v) is 5.98. The number of aromatic amines is 1. The van der Waals surface area contributed by atoms with E-state index in [4.69, 9.17) is 0 Å². The smallest absolute Gasteiger partial charge is 0.209 e. The van der Waals surface area contributed by atoms with Crippen molar-refractivity contribution in [1.29, 1.82) is 0 Å². The van der Waals surface area contributed by atoms with Crippen LogP contribution in [0.5, 0.6) is 0 Å². The van der Waals surface area contributed by atoms with E-state index in [1.807, 2.05) is 60.7 Å². The highest BCUT2D eigenvalue weighted by molar-refractivity contribution is 7.21. The molecule has 0 amide bonds. The quantitative estimate of drug-likeness (QED) is 0.565. The van der Waals surface area contributed by atoms with Crippen LogP contribution >= 0.6 is 11.3 Å². The third-order valence-corrected chi connectivity index (χ3v) is 4.60. The number of fused-ring (bicyclic) bond motifs is 1. The van der Waals surface area contributed by atoms with Crippen molar-refractivity contribution in [3.8, 4) is 10.6 Å². The lowest BCUT2D eigenvalue weighted by atomic mass is 10.1. The maximum absolute atomic E-state index is 12.7. The number of carbonyl (C=O) groups excluding carboxylic acids is 1. The number of hydrogen-bond donors (Lipinski definition) is 1. The number of ketones is 1. The summed E-state index contributed by atoms with van der Waals surface area (Å²) in [4.78, 5) is 20.4. The fourth-order valence-corrected chi connectivity index (χ4v) is 3.45. The van der Waals surface area contributed by atoms with Gasteiger partial charge in [-0.2, -0.15) is 0 Å². The molecule has 0 saturated carbocycles. The summed E-state index contributed by atoms with van der Waals surface area (Å²) in [5.41, 5.74) is 3.08. The Morgan fingerprint density at radius 1 is 0.955 bits per heavy atom. The number of nitrogens with one attached hydrogen (secondary N) is 1. The monoisotopic (exact) mass is 304 g/mol. The molecule has 0 saturated heterocycles. The van der Waals surface area contributed by atoms with Crippen molar-refractivity contribution in [2.45, 2.75) is 0 Å². The van der Waals surface area contributed by atoms with Gasteiger partial charge in [0, 0.05) is 17.3 Å². The van der Waals surface area contributed by atoms with E-state index in [-0.39, 0.29) is 5.78 Å². The molecule has 2 aromatic heterocycles. The minimum absolute atomic E-state index is 0.0140. The van der Waals surface area contributed by atoms with Crippen molar-refractivity contribution in [3.63, 3.8) is 0 Å². The van der Waals surface area contributed by atoms with Crippen LogP contribution in [-0.4, -0.2) is 15.8 Å². The van der Waals surface area contributed by atoms with Gasteiger partial charge in [0.25, 0.3) is 0 Å². The summed E-state index contributed by atoms with van der Waals surface area (Å²) >= 11 is 1.60. The molecule has 0 spiro atoms. The molecule has 3 nitrogen and oxygen atoms in total. The molecule has 2 heterocycles. The van der Waals surface area contributed by atoms with Crippen LogP contribution in [0.2, 0.25) is 0 Å². The fourth-order valence-electron chi connectivity index (χ4n) is 2.46. The summed E-state index contributed by atoms with van der Waals surface area (Å²) in [6.07, 6.45) is 1.79. The van der Waals surface area contributed by atoms with Crippen LogP contribution < -0.4 is 0 Å². The van der Waals surface area contributed by atoms with E-state index in [1.54, 1.807) is 17.5 Å². The van der Waals surface area contributed by atoms with Gasteiger partial charge in [0.2, 0.25) is 5.78 Å². The zero-order valence-corrected chi connectivity index (χ0v) is 12.4. The molecule has 0 aliphatic carbocycles. The Bertz CT molecular complexity index is 920. The van der Waals surface area contributed by atoms with Gasteiger partial charge in [0.05, 0.1) is 15.9 Å². The Hall–Kier alpha value is -2.72. The van der Waals surface area contributed by atoms with Crippen molar-refractivity contribution in [2.75, 3.05) is 0 Å². The molecule has 0 aliphatic rings. The fraction of sp³-hybridized carbons (Fsp3) is 0. The van der Waals surface area contributed by atoms with Crippen molar-refractivity contribution in [1.82, 2.24) is 9.97 Å². The van der Waals surface area contributed by atoms with Crippen LogP contribution in [0.15, 0.2) is 66.9 Å². The summed E-state index contributed by atoms with van der Waals surface area (Å²) in [5, 5.41) is 0.863. The molecule has 2 aromatic carbocycles. The Morgan fingerprint density at radius 3 is 2.55 bits per heavy atom. The topological polar surface area (TPSA) is 45.8 Å². The number of hydrogen-bond acceptors (Lipinski definition) is 3. The lowest BCUT2D eigenvalue weighted by Crippen LogP contribution is -2.02. The molecule has 1 N–H and O–H groups in total. The zero-order valence-electron chi connectivity index (χ0n) is 11.6. The van der Waals surface area contributed by atoms with Gasteiger partial charge < -0.3 is 4.98 Å². The molecule has 22 heavy (non-hydrogen) atoms. The van der Waals surface area contributed by atoms with Crippen LogP contribution in [0.3, 0.4) is 0 Å². The highest BCUT2D eigenvalue weighted by Gasteiger charge is 2.18. The molecule has 0 bridgehead atoms. The number of thiazole rings is 1. The molecule has 0 atom stereocenters. The highest BCUT2D eigenvalue weighted by Crippen LogP contribution is 2.32. The first-order valence-electron chi connectivity index (χ1n) is 6.96. The maximum atomic E-state index is 12.7. The summed E-state index contributed by atoms with van der Waals surface area (Å²) in [5.74, 6) is -0.0140. The Kier molecular flexibility index (Phi) is 3.09. The Labute approximate surface area is 131 Å². The van der Waals surface area contributed by atoms with E-state index in [2.05, 4.69) is 9.97 Å². The Morgan fingerprint density at radius 2 is 1.73 bits per heavy atom. The van der Waals surface area contributed by atoms with Crippen LogP contribution in [0.25, 0.3) is 20.8 Å². The van der Waals surface area contributed by atoms with Crippen molar-refractivity contribution in [3.05, 3.63) is 78.1 Å². The third-order valence-electron chi connectivity index (χ3n) is 3.53. The molecule has 4 rings (SSSR count). The number of nitrogens with zero attached hydrogens (tertiary/aromatic N) is 1. The van der Waals surface area contributed by atoms with E-state index < -0.39 is 0 Å². The van der Waals surface area contributed by atoms with E-state index in [1.165, 1.54) is 0 Å².